The summed E-state index contributed by atoms with van der Waals surface area (Å²) in [5, 5.41) is 11.4. The van der Waals surface area contributed by atoms with Crippen LogP contribution in [0.25, 0.3) is 0 Å². The van der Waals surface area contributed by atoms with E-state index in [0.29, 0.717) is 12.5 Å². The minimum absolute atomic E-state index is 0.0318. The molecule has 0 spiro atoms. The standard InChI is InChI=1S/C11H20N2O3/c1-8(12-9(2)15)11(16)13-5-3-10(7-13)4-6-14/h8,10,14H,3-7H2,1-2H3,(H,12,15). The van der Waals surface area contributed by atoms with Crippen LogP contribution >= 0.6 is 0 Å². The van der Waals surface area contributed by atoms with Crippen LogP contribution < -0.4 is 5.32 Å². The van der Waals surface area contributed by atoms with Crippen molar-refractivity contribution in [3.8, 4) is 0 Å². The van der Waals surface area contributed by atoms with Crippen molar-refractivity contribution in [2.75, 3.05) is 19.7 Å². The first-order valence-electron chi connectivity index (χ1n) is 5.71. The smallest absolute Gasteiger partial charge is 0.244 e. The van der Waals surface area contributed by atoms with Gasteiger partial charge in [-0.25, -0.2) is 0 Å². The van der Waals surface area contributed by atoms with E-state index >= 15 is 0 Å². The van der Waals surface area contributed by atoms with Crippen molar-refractivity contribution in [2.45, 2.75) is 32.7 Å². The van der Waals surface area contributed by atoms with Crippen LogP contribution in [-0.4, -0.2) is 47.6 Å². The Morgan fingerprint density at radius 2 is 2.25 bits per heavy atom. The largest absolute Gasteiger partial charge is 0.396 e. The second-order valence-electron chi connectivity index (χ2n) is 4.37. The van der Waals surface area contributed by atoms with Crippen LogP contribution in [-0.2, 0) is 9.59 Å². The third kappa shape index (κ3) is 3.48. The zero-order valence-corrected chi connectivity index (χ0v) is 9.90. The minimum atomic E-state index is -0.453. The summed E-state index contributed by atoms with van der Waals surface area (Å²) in [6.07, 6.45) is 1.69. The molecule has 2 amide bonds. The first kappa shape index (κ1) is 13.0. The monoisotopic (exact) mass is 228 g/mol. The van der Waals surface area contributed by atoms with E-state index < -0.39 is 6.04 Å². The molecule has 1 heterocycles. The fraction of sp³-hybridized carbons (Fsp3) is 0.818. The van der Waals surface area contributed by atoms with Gasteiger partial charge in [-0.2, -0.15) is 0 Å². The van der Waals surface area contributed by atoms with Crippen LogP contribution in [0, 0.1) is 5.92 Å². The van der Waals surface area contributed by atoms with Crippen molar-refractivity contribution in [1.82, 2.24) is 10.2 Å². The van der Waals surface area contributed by atoms with Gasteiger partial charge >= 0.3 is 0 Å². The maximum Gasteiger partial charge on any atom is 0.244 e. The molecule has 0 bridgehead atoms. The molecule has 0 aromatic carbocycles. The highest BCUT2D eigenvalue weighted by Crippen LogP contribution is 2.19. The number of carbonyl (C=O) groups excluding carboxylic acids is 2. The highest BCUT2D eigenvalue weighted by atomic mass is 16.3. The number of rotatable bonds is 4. The van der Waals surface area contributed by atoms with Crippen molar-refractivity contribution >= 4 is 11.8 Å². The Morgan fingerprint density at radius 1 is 1.56 bits per heavy atom. The summed E-state index contributed by atoms with van der Waals surface area (Å²) in [7, 11) is 0. The number of amides is 2. The molecule has 0 saturated carbocycles. The van der Waals surface area contributed by atoms with E-state index in [9.17, 15) is 9.59 Å². The van der Waals surface area contributed by atoms with Gasteiger partial charge in [-0.05, 0) is 25.7 Å². The summed E-state index contributed by atoms with van der Waals surface area (Å²) in [6, 6.07) is -0.453. The van der Waals surface area contributed by atoms with Gasteiger partial charge in [-0.15, -0.1) is 0 Å². The number of hydrogen-bond donors (Lipinski definition) is 2. The van der Waals surface area contributed by atoms with Crippen molar-refractivity contribution in [1.29, 1.82) is 0 Å². The molecule has 16 heavy (non-hydrogen) atoms. The van der Waals surface area contributed by atoms with Crippen LogP contribution in [0.1, 0.15) is 26.7 Å². The lowest BCUT2D eigenvalue weighted by Gasteiger charge is -2.21. The van der Waals surface area contributed by atoms with Crippen molar-refractivity contribution in [3.63, 3.8) is 0 Å². The van der Waals surface area contributed by atoms with Crippen molar-refractivity contribution in [3.05, 3.63) is 0 Å². The topological polar surface area (TPSA) is 69.6 Å². The Morgan fingerprint density at radius 3 is 2.81 bits per heavy atom. The summed E-state index contributed by atoms with van der Waals surface area (Å²) in [5.74, 6) is 0.182. The van der Waals surface area contributed by atoms with Gasteiger partial charge in [0, 0.05) is 26.6 Å². The van der Waals surface area contributed by atoms with E-state index in [0.717, 1.165) is 19.4 Å². The molecule has 2 atom stereocenters. The number of aliphatic hydroxyl groups excluding tert-OH is 1. The maximum absolute atomic E-state index is 11.9. The second-order valence-corrected chi connectivity index (χ2v) is 4.37. The second kappa shape index (κ2) is 5.84. The lowest BCUT2D eigenvalue weighted by molar-refractivity contribution is -0.134. The Bertz CT molecular complexity index is 268. The van der Waals surface area contributed by atoms with Gasteiger partial charge < -0.3 is 15.3 Å². The van der Waals surface area contributed by atoms with E-state index in [1.54, 1.807) is 11.8 Å². The molecule has 0 aliphatic carbocycles. The molecule has 92 valence electrons. The molecule has 0 aromatic heterocycles. The Hall–Kier alpha value is -1.10. The first-order valence-corrected chi connectivity index (χ1v) is 5.71. The highest BCUT2D eigenvalue weighted by molar-refractivity contribution is 5.86. The van der Waals surface area contributed by atoms with Crippen LogP contribution in [0.5, 0.6) is 0 Å². The van der Waals surface area contributed by atoms with Crippen LogP contribution in [0.3, 0.4) is 0 Å². The fourth-order valence-corrected chi connectivity index (χ4v) is 2.09. The lowest BCUT2D eigenvalue weighted by Crippen LogP contribution is -2.45. The Labute approximate surface area is 95.8 Å². The van der Waals surface area contributed by atoms with Gasteiger partial charge in [0.15, 0.2) is 0 Å². The van der Waals surface area contributed by atoms with E-state index in [4.69, 9.17) is 5.11 Å². The summed E-state index contributed by atoms with van der Waals surface area (Å²) < 4.78 is 0. The minimum Gasteiger partial charge on any atom is -0.396 e. The molecule has 1 saturated heterocycles. The summed E-state index contributed by atoms with van der Waals surface area (Å²) in [5.41, 5.74) is 0. The van der Waals surface area contributed by atoms with E-state index in [1.807, 2.05) is 0 Å². The third-order valence-corrected chi connectivity index (χ3v) is 2.93. The molecule has 0 radical (unpaired) electrons. The summed E-state index contributed by atoms with van der Waals surface area (Å²) >= 11 is 0. The molecule has 2 N–H and O–H groups in total. The predicted molar refractivity (Wildman–Crippen MR) is 59.7 cm³/mol. The number of likely N-dealkylation sites (tertiary alicyclic amines) is 1. The SMILES string of the molecule is CC(=O)NC(C)C(=O)N1CCC(CCO)C1. The third-order valence-electron chi connectivity index (χ3n) is 2.93. The Kier molecular flexibility index (Phi) is 4.73. The van der Waals surface area contributed by atoms with Gasteiger partial charge in [-0.1, -0.05) is 0 Å². The summed E-state index contributed by atoms with van der Waals surface area (Å²) in [6.45, 7) is 4.70. The van der Waals surface area contributed by atoms with Crippen LogP contribution in [0.15, 0.2) is 0 Å². The average molecular weight is 228 g/mol. The number of hydrogen-bond acceptors (Lipinski definition) is 3. The molecule has 5 nitrogen and oxygen atoms in total. The van der Waals surface area contributed by atoms with E-state index in [-0.39, 0.29) is 18.4 Å². The normalized spacial score (nSPS) is 21.9. The molecule has 2 unspecified atom stereocenters. The van der Waals surface area contributed by atoms with Crippen molar-refractivity contribution in [2.24, 2.45) is 5.92 Å². The molecule has 5 heteroatoms. The van der Waals surface area contributed by atoms with Gasteiger partial charge in [-0.3, -0.25) is 9.59 Å². The van der Waals surface area contributed by atoms with Gasteiger partial charge in [0.05, 0.1) is 0 Å². The molecular formula is C11H20N2O3. The van der Waals surface area contributed by atoms with Crippen molar-refractivity contribution < 1.29 is 14.7 Å². The van der Waals surface area contributed by atoms with Gasteiger partial charge in [0.1, 0.15) is 6.04 Å². The Balaban J connectivity index is 2.41. The zero-order chi connectivity index (χ0) is 12.1. The van der Waals surface area contributed by atoms with E-state index in [1.165, 1.54) is 6.92 Å². The first-order chi connectivity index (χ1) is 7.54. The average Bonchev–Trinajstić information content (AvgIpc) is 2.64. The van der Waals surface area contributed by atoms with Gasteiger partial charge in [0.25, 0.3) is 0 Å². The molecular weight excluding hydrogens is 208 g/mol. The highest BCUT2D eigenvalue weighted by Gasteiger charge is 2.28. The molecule has 1 aliphatic rings. The predicted octanol–water partition coefficient (Wildman–Crippen LogP) is -0.258. The van der Waals surface area contributed by atoms with E-state index in [2.05, 4.69) is 5.32 Å². The molecule has 0 aromatic rings. The quantitative estimate of drug-likeness (QED) is 0.696. The number of carbonyl (C=O) groups is 2. The zero-order valence-electron chi connectivity index (χ0n) is 9.90. The summed E-state index contributed by atoms with van der Waals surface area (Å²) in [4.78, 5) is 24.5. The lowest BCUT2D eigenvalue weighted by atomic mass is 10.1. The van der Waals surface area contributed by atoms with Gasteiger partial charge in [0.2, 0.25) is 11.8 Å². The van der Waals surface area contributed by atoms with Crippen LogP contribution in [0.2, 0.25) is 0 Å². The maximum atomic E-state index is 11.9. The molecule has 1 rings (SSSR count). The molecule has 1 fully saturated rings. The number of nitrogens with one attached hydrogen (secondary N) is 1. The van der Waals surface area contributed by atoms with Crippen LogP contribution in [0.4, 0.5) is 0 Å². The molecule has 1 aliphatic heterocycles. The fourth-order valence-electron chi connectivity index (χ4n) is 2.09. The number of aliphatic hydroxyl groups is 1. The number of nitrogens with zero attached hydrogens (tertiary/aromatic N) is 1.